The zero-order valence-corrected chi connectivity index (χ0v) is 17.8. The number of nitrogen functional groups attached to an aromatic ring is 1. The van der Waals surface area contributed by atoms with E-state index < -0.39 is 0 Å². The second-order valence-electron chi connectivity index (χ2n) is 9.89. The number of hydrogen-bond acceptors (Lipinski definition) is 1. The van der Waals surface area contributed by atoms with Gasteiger partial charge in [0.15, 0.2) is 0 Å². The largest absolute Gasteiger partial charge is 0.399 e. The van der Waals surface area contributed by atoms with Gasteiger partial charge in [0.25, 0.3) is 0 Å². The molecule has 2 N–H and O–H groups in total. The Hall–Kier alpha value is -2.74. The fourth-order valence-corrected chi connectivity index (χ4v) is 3.86. The fraction of sp³-hybridized carbons (Fsp3) is 0.308. The number of benzene rings is 3. The van der Waals surface area contributed by atoms with E-state index >= 15 is 0 Å². The van der Waals surface area contributed by atoms with Crippen LogP contribution in [0.2, 0.25) is 0 Å². The zero-order chi connectivity index (χ0) is 20.3. The maximum absolute atomic E-state index is 5.93. The van der Waals surface area contributed by atoms with E-state index in [1.54, 1.807) is 0 Å². The molecular formula is C26H30N2. The van der Waals surface area contributed by atoms with Crippen molar-refractivity contribution in [3.63, 3.8) is 0 Å². The third-order valence-corrected chi connectivity index (χ3v) is 5.65. The van der Waals surface area contributed by atoms with Crippen molar-refractivity contribution in [3.05, 3.63) is 71.8 Å². The lowest BCUT2D eigenvalue weighted by atomic mass is 9.85. The highest BCUT2D eigenvalue weighted by Gasteiger charge is 2.20. The quantitative estimate of drug-likeness (QED) is 0.361. The van der Waals surface area contributed by atoms with E-state index in [1.807, 2.05) is 12.1 Å². The fourth-order valence-electron chi connectivity index (χ4n) is 3.86. The SMILES string of the molecule is CC(C)(C)c1ccc2c(c1)c1cc(C(C)(C)C)ccc1n2-c1ccc(N)cc1. The Morgan fingerprint density at radius 1 is 0.607 bits per heavy atom. The van der Waals surface area contributed by atoms with E-state index in [2.05, 4.69) is 94.6 Å². The molecule has 4 aromatic rings. The highest BCUT2D eigenvalue weighted by molar-refractivity contribution is 6.09. The van der Waals surface area contributed by atoms with Gasteiger partial charge >= 0.3 is 0 Å². The van der Waals surface area contributed by atoms with Gasteiger partial charge < -0.3 is 10.3 Å². The third-order valence-electron chi connectivity index (χ3n) is 5.65. The van der Waals surface area contributed by atoms with Crippen LogP contribution in [0.15, 0.2) is 60.7 Å². The summed E-state index contributed by atoms with van der Waals surface area (Å²) >= 11 is 0. The first-order valence-corrected chi connectivity index (χ1v) is 10.0. The van der Waals surface area contributed by atoms with Gasteiger partial charge in [-0.25, -0.2) is 0 Å². The zero-order valence-electron chi connectivity index (χ0n) is 17.8. The maximum Gasteiger partial charge on any atom is 0.0541 e. The highest BCUT2D eigenvalue weighted by Crippen LogP contribution is 2.37. The number of fused-ring (bicyclic) bond motifs is 3. The van der Waals surface area contributed by atoms with Crippen molar-refractivity contribution in [2.24, 2.45) is 0 Å². The molecule has 0 amide bonds. The molecule has 0 aliphatic heterocycles. The Morgan fingerprint density at radius 3 is 1.43 bits per heavy atom. The first kappa shape index (κ1) is 18.6. The van der Waals surface area contributed by atoms with Crippen molar-refractivity contribution in [3.8, 4) is 5.69 Å². The van der Waals surface area contributed by atoms with Crippen LogP contribution in [0.3, 0.4) is 0 Å². The minimum absolute atomic E-state index is 0.117. The van der Waals surface area contributed by atoms with Crippen molar-refractivity contribution in [1.29, 1.82) is 0 Å². The average Bonchev–Trinajstić information content (AvgIpc) is 2.94. The molecule has 0 saturated carbocycles. The highest BCUT2D eigenvalue weighted by atomic mass is 15.0. The number of anilines is 1. The molecule has 0 fully saturated rings. The van der Waals surface area contributed by atoms with Crippen LogP contribution in [0.25, 0.3) is 27.5 Å². The number of aromatic nitrogens is 1. The van der Waals surface area contributed by atoms with Gasteiger partial charge in [0, 0.05) is 22.1 Å². The van der Waals surface area contributed by atoms with E-state index in [-0.39, 0.29) is 10.8 Å². The predicted octanol–water partition coefficient (Wildman–Crippen LogP) is 6.96. The number of nitrogens with two attached hydrogens (primary N) is 1. The van der Waals surface area contributed by atoms with E-state index in [4.69, 9.17) is 5.73 Å². The van der Waals surface area contributed by atoms with Gasteiger partial charge in [-0.2, -0.15) is 0 Å². The lowest BCUT2D eigenvalue weighted by Crippen LogP contribution is -2.10. The number of nitrogens with zero attached hydrogens (tertiary/aromatic N) is 1. The Balaban J connectivity index is 2.11. The Labute approximate surface area is 168 Å². The van der Waals surface area contributed by atoms with E-state index in [0.29, 0.717) is 0 Å². The van der Waals surface area contributed by atoms with Crippen LogP contribution in [0.5, 0.6) is 0 Å². The second-order valence-corrected chi connectivity index (χ2v) is 9.89. The smallest absolute Gasteiger partial charge is 0.0541 e. The van der Waals surface area contributed by atoms with Gasteiger partial charge in [0.1, 0.15) is 0 Å². The van der Waals surface area contributed by atoms with E-state index in [1.165, 1.54) is 32.9 Å². The summed E-state index contributed by atoms with van der Waals surface area (Å²) in [4.78, 5) is 0. The summed E-state index contributed by atoms with van der Waals surface area (Å²) in [5.41, 5.74) is 13.3. The molecule has 0 aliphatic rings. The van der Waals surface area contributed by atoms with Crippen LogP contribution in [-0.2, 0) is 10.8 Å². The Morgan fingerprint density at radius 2 is 1.04 bits per heavy atom. The summed E-state index contributed by atoms with van der Waals surface area (Å²) in [6.45, 7) is 13.6. The van der Waals surface area contributed by atoms with Gasteiger partial charge in [0.2, 0.25) is 0 Å². The summed E-state index contributed by atoms with van der Waals surface area (Å²) in [5, 5.41) is 2.62. The average molecular weight is 371 g/mol. The topological polar surface area (TPSA) is 30.9 Å². The molecule has 0 unspecified atom stereocenters. The molecule has 2 nitrogen and oxygen atoms in total. The molecule has 4 rings (SSSR count). The van der Waals surface area contributed by atoms with Crippen molar-refractivity contribution in [2.75, 3.05) is 5.73 Å². The maximum atomic E-state index is 5.93. The lowest BCUT2D eigenvalue weighted by Gasteiger charge is -2.19. The summed E-state index contributed by atoms with van der Waals surface area (Å²) in [6, 6.07) is 22.0. The summed E-state index contributed by atoms with van der Waals surface area (Å²) in [6.07, 6.45) is 0. The van der Waals surface area contributed by atoms with Crippen LogP contribution in [0.4, 0.5) is 5.69 Å². The summed E-state index contributed by atoms with van der Waals surface area (Å²) in [7, 11) is 0. The molecule has 28 heavy (non-hydrogen) atoms. The van der Waals surface area contributed by atoms with Crippen LogP contribution in [-0.4, -0.2) is 4.57 Å². The predicted molar refractivity (Wildman–Crippen MR) is 123 cm³/mol. The molecule has 1 heterocycles. The first-order valence-electron chi connectivity index (χ1n) is 10.0. The van der Waals surface area contributed by atoms with Gasteiger partial charge in [-0.15, -0.1) is 0 Å². The summed E-state index contributed by atoms with van der Waals surface area (Å²) < 4.78 is 2.35. The van der Waals surface area contributed by atoms with Gasteiger partial charge in [-0.05, 0) is 70.5 Å². The summed E-state index contributed by atoms with van der Waals surface area (Å²) in [5.74, 6) is 0. The van der Waals surface area contributed by atoms with Gasteiger partial charge in [-0.3, -0.25) is 0 Å². The molecular weight excluding hydrogens is 340 g/mol. The van der Waals surface area contributed by atoms with E-state index in [9.17, 15) is 0 Å². The number of rotatable bonds is 1. The van der Waals surface area contributed by atoms with Crippen LogP contribution < -0.4 is 5.73 Å². The molecule has 144 valence electrons. The van der Waals surface area contributed by atoms with Crippen molar-refractivity contribution < 1.29 is 0 Å². The van der Waals surface area contributed by atoms with E-state index in [0.717, 1.165) is 11.4 Å². The first-order chi connectivity index (χ1) is 13.1. The van der Waals surface area contributed by atoms with Crippen LogP contribution in [0, 0.1) is 0 Å². The van der Waals surface area contributed by atoms with Crippen molar-refractivity contribution in [2.45, 2.75) is 52.4 Å². The molecule has 2 heteroatoms. The molecule has 0 bridgehead atoms. The third kappa shape index (κ3) is 3.07. The van der Waals surface area contributed by atoms with Crippen LogP contribution in [0.1, 0.15) is 52.7 Å². The number of hydrogen-bond donors (Lipinski definition) is 1. The van der Waals surface area contributed by atoms with Crippen molar-refractivity contribution in [1.82, 2.24) is 4.57 Å². The normalized spacial score (nSPS) is 12.8. The van der Waals surface area contributed by atoms with Gasteiger partial charge in [0.05, 0.1) is 11.0 Å². The monoisotopic (exact) mass is 370 g/mol. The Kier molecular flexibility index (Phi) is 4.08. The minimum atomic E-state index is 0.117. The second kappa shape index (κ2) is 6.13. The van der Waals surface area contributed by atoms with Gasteiger partial charge in [-0.1, -0.05) is 53.7 Å². The molecule has 0 spiro atoms. The van der Waals surface area contributed by atoms with Crippen LogP contribution >= 0.6 is 0 Å². The molecule has 0 saturated heterocycles. The molecule has 0 radical (unpaired) electrons. The standard InChI is InChI=1S/C26H30N2/c1-25(2,3)17-7-13-23-21(15-17)22-16-18(26(4,5)6)8-14-24(22)28(23)20-11-9-19(27)10-12-20/h7-16H,27H2,1-6H3. The molecule has 1 aromatic heterocycles. The minimum Gasteiger partial charge on any atom is -0.399 e. The lowest BCUT2D eigenvalue weighted by molar-refractivity contribution is 0.590. The molecule has 0 aliphatic carbocycles. The molecule has 0 atom stereocenters. The Bertz CT molecular complexity index is 1090. The van der Waals surface area contributed by atoms with Crippen molar-refractivity contribution >= 4 is 27.5 Å². The molecule has 3 aromatic carbocycles.